The SMILES string of the molecule is C[C@H](NC(=O)[C@@H]1CCCN1C(=O)[C@H](CCC(=O)O)NC(=O)[C@@H]1CCCN1C(=O)[C@@H](NC(=O)[C@H](Cc1ccc(O)cc1)NC(=O)[C@@H](N)CCCN=C(N)N)[C@@H](C)O)C(=O)O. The molecule has 0 saturated carbocycles. The van der Waals surface area contributed by atoms with Gasteiger partial charge in [-0.15, -0.1) is 0 Å². The van der Waals surface area contributed by atoms with Gasteiger partial charge in [0, 0.05) is 32.5 Å². The van der Waals surface area contributed by atoms with Gasteiger partial charge in [0.25, 0.3) is 0 Å². The van der Waals surface area contributed by atoms with E-state index in [9.17, 15) is 58.8 Å². The second kappa shape index (κ2) is 22.2. The Hall–Kier alpha value is -6.03. The van der Waals surface area contributed by atoms with Crippen LogP contribution in [0.2, 0.25) is 0 Å². The number of rotatable bonds is 21. The molecule has 1 aromatic rings. The first kappa shape index (κ1) is 47.3. The summed E-state index contributed by atoms with van der Waals surface area (Å²) in [5.41, 5.74) is 17.3. The van der Waals surface area contributed by atoms with Gasteiger partial charge in [0.2, 0.25) is 35.4 Å². The van der Waals surface area contributed by atoms with Crippen LogP contribution in [0.3, 0.4) is 0 Å². The van der Waals surface area contributed by atoms with Gasteiger partial charge in [-0.25, -0.2) is 0 Å². The number of carboxylic acids is 2. The summed E-state index contributed by atoms with van der Waals surface area (Å²) in [5.74, 6) is -7.46. The topological polar surface area (TPSA) is 362 Å². The van der Waals surface area contributed by atoms with E-state index in [1.165, 1.54) is 43.0 Å². The van der Waals surface area contributed by atoms with Gasteiger partial charge >= 0.3 is 11.9 Å². The van der Waals surface area contributed by atoms with Crippen molar-refractivity contribution in [3.05, 3.63) is 29.8 Å². The largest absolute Gasteiger partial charge is 0.508 e. The normalized spacial score (nSPS) is 19.3. The highest BCUT2D eigenvalue weighted by molar-refractivity contribution is 5.97. The van der Waals surface area contributed by atoms with Crippen LogP contribution in [-0.2, 0) is 44.8 Å². The van der Waals surface area contributed by atoms with Gasteiger partial charge in [0.15, 0.2) is 5.96 Å². The van der Waals surface area contributed by atoms with E-state index in [4.69, 9.17) is 17.2 Å². The lowest BCUT2D eigenvalue weighted by Crippen LogP contribution is -2.61. The van der Waals surface area contributed by atoms with Gasteiger partial charge in [-0.05, 0) is 76.5 Å². The van der Waals surface area contributed by atoms with Crippen molar-refractivity contribution in [2.45, 2.75) is 120 Å². The van der Waals surface area contributed by atoms with Crippen LogP contribution in [0.5, 0.6) is 5.75 Å². The van der Waals surface area contributed by atoms with E-state index in [2.05, 4.69) is 26.3 Å². The molecule has 2 aliphatic heterocycles. The van der Waals surface area contributed by atoms with Crippen molar-refractivity contribution >= 4 is 53.3 Å². The first-order chi connectivity index (χ1) is 27.8. The number of aliphatic imine (C=N–C) groups is 1. The van der Waals surface area contributed by atoms with Crippen molar-refractivity contribution in [2.75, 3.05) is 19.6 Å². The van der Waals surface area contributed by atoms with Gasteiger partial charge in [-0.1, -0.05) is 12.1 Å². The number of amides is 6. The number of aliphatic hydroxyl groups excluding tert-OH is 1. The maximum absolute atomic E-state index is 14.0. The number of guanidine groups is 1. The van der Waals surface area contributed by atoms with E-state index in [0.717, 1.165) is 4.90 Å². The summed E-state index contributed by atoms with van der Waals surface area (Å²) in [5, 5.41) is 49.1. The molecular formula is C37H56N10O12. The zero-order valence-electron chi connectivity index (χ0n) is 33.0. The summed E-state index contributed by atoms with van der Waals surface area (Å²) in [6, 6.07) is -3.17. The lowest BCUT2D eigenvalue weighted by atomic mass is 10.0. The number of nitrogens with zero attached hydrogens (tertiary/aromatic N) is 3. The second-order valence-corrected chi connectivity index (χ2v) is 14.7. The standard InChI is InChI=1S/C37H56N10O12/c1-19(36(58)59)42-32(54)26-7-4-16-46(26)34(56)24(13-14-28(50)51)43-33(55)27-8-5-17-47(27)35(57)29(20(2)48)45-31(53)25(18-21-9-11-22(49)12-10-21)44-30(52)23(38)6-3-15-41-37(39)40/h9-12,19-20,23-27,29,48-49H,3-8,13-18,38H2,1-2H3,(H,42,54)(H,43,55)(H,44,52)(H,45,53)(H,50,51)(H,58,59)(H4,39,40,41)/t19-,20+,23-,24-,25-,26-,27-,29-/m0/s1. The van der Waals surface area contributed by atoms with Crippen molar-refractivity contribution < 1.29 is 58.8 Å². The Morgan fingerprint density at radius 1 is 0.797 bits per heavy atom. The van der Waals surface area contributed by atoms with Crippen LogP contribution < -0.4 is 38.5 Å². The molecule has 3 rings (SSSR count). The van der Waals surface area contributed by atoms with Crippen molar-refractivity contribution in [1.82, 2.24) is 31.1 Å². The van der Waals surface area contributed by atoms with Gasteiger partial charge in [-0.2, -0.15) is 0 Å². The fourth-order valence-electron chi connectivity index (χ4n) is 6.80. The van der Waals surface area contributed by atoms with E-state index in [-0.39, 0.29) is 63.4 Å². The number of hydrogen-bond donors (Lipinski definition) is 11. The number of phenols is 1. The average molecular weight is 833 g/mol. The molecule has 8 atom stereocenters. The van der Waals surface area contributed by atoms with Crippen molar-refractivity contribution in [2.24, 2.45) is 22.2 Å². The molecular weight excluding hydrogens is 776 g/mol. The van der Waals surface area contributed by atoms with Crippen molar-refractivity contribution in [3.63, 3.8) is 0 Å². The monoisotopic (exact) mass is 832 g/mol. The number of phenolic OH excluding ortho intramolecular Hbond substituents is 1. The molecule has 22 heteroatoms. The predicted molar refractivity (Wildman–Crippen MR) is 209 cm³/mol. The molecule has 0 spiro atoms. The van der Waals surface area contributed by atoms with Crippen molar-refractivity contribution in [1.29, 1.82) is 0 Å². The van der Waals surface area contributed by atoms with Crippen LogP contribution in [0, 0.1) is 0 Å². The molecule has 0 aromatic heterocycles. The number of likely N-dealkylation sites (tertiary alicyclic amines) is 2. The van der Waals surface area contributed by atoms with Crippen LogP contribution >= 0.6 is 0 Å². The van der Waals surface area contributed by atoms with Gasteiger partial charge in [0.05, 0.1) is 12.1 Å². The smallest absolute Gasteiger partial charge is 0.325 e. The van der Waals surface area contributed by atoms with E-state index in [0.29, 0.717) is 24.8 Å². The zero-order valence-corrected chi connectivity index (χ0v) is 33.0. The average Bonchev–Trinajstić information content (AvgIpc) is 3.88. The van der Waals surface area contributed by atoms with Crippen LogP contribution in [0.1, 0.15) is 70.8 Å². The van der Waals surface area contributed by atoms with Crippen LogP contribution in [0.15, 0.2) is 29.3 Å². The molecule has 2 aliphatic rings. The minimum absolute atomic E-state index is 0.0161. The second-order valence-electron chi connectivity index (χ2n) is 14.7. The first-order valence-corrected chi connectivity index (χ1v) is 19.3. The molecule has 6 amide bonds. The van der Waals surface area contributed by atoms with E-state index >= 15 is 0 Å². The van der Waals surface area contributed by atoms with Crippen LogP contribution in [0.4, 0.5) is 0 Å². The highest BCUT2D eigenvalue weighted by Gasteiger charge is 2.43. The summed E-state index contributed by atoms with van der Waals surface area (Å²) in [6.45, 7) is 2.81. The Balaban J connectivity index is 1.79. The number of aromatic hydroxyl groups is 1. The zero-order chi connectivity index (χ0) is 44.0. The number of aliphatic hydroxyl groups is 1. The lowest BCUT2D eigenvalue weighted by Gasteiger charge is -2.33. The third kappa shape index (κ3) is 14.1. The Morgan fingerprint density at radius 2 is 1.37 bits per heavy atom. The molecule has 2 saturated heterocycles. The summed E-state index contributed by atoms with van der Waals surface area (Å²) >= 11 is 0. The molecule has 22 nitrogen and oxygen atoms in total. The number of hydrogen-bond acceptors (Lipinski definition) is 12. The number of carbonyl (C=O) groups is 8. The van der Waals surface area contributed by atoms with Gasteiger partial charge in [-0.3, -0.25) is 43.3 Å². The minimum atomic E-state index is -1.62. The summed E-state index contributed by atoms with van der Waals surface area (Å²) < 4.78 is 0. The molecule has 14 N–H and O–H groups in total. The number of nitrogens with two attached hydrogens (primary N) is 3. The predicted octanol–water partition coefficient (Wildman–Crippen LogP) is -3.41. The third-order valence-corrected chi connectivity index (χ3v) is 10.0. The first-order valence-electron chi connectivity index (χ1n) is 19.3. The molecule has 0 aliphatic carbocycles. The Kier molecular flexibility index (Phi) is 17.8. The van der Waals surface area contributed by atoms with Crippen LogP contribution in [0.25, 0.3) is 0 Å². The minimum Gasteiger partial charge on any atom is -0.508 e. The quantitative estimate of drug-likeness (QED) is 0.0327. The Labute approximate surface area is 340 Å². The van der Waals surface area contributed by atoms with E-state index in [1.807, 2.05) is 0 Å². The lowest BCUT2D eigenvalue weighted by molar-refractivity contribution is -0.146. The number of aliphatic carboxylic acids is 2. The maximum atomic E-state index is 14.0. The highest BCUT2D eigenvalue weighted by atomic mass is 16.4. The molecule has 2 fully saturated rings. The summed E-state index contributed by atoms with van der Waals surface area (Å²) in [6.07, 6.45) is -1.00. The fourth-order valence-corrected chi connectivity index (χ4v) is 6.80. The summed E-state index contributed by atoms with van der Waals surface area (Å²) in [7, 11) is 0. The van der Waals surface area contributed by atoms with Gasteiger partial charge < -0.3 is 68.7 Å². The Morgan fingerprint density at radius 3 is 1.92 bits per heavy atom. The molecule has 59 heavy (non-hydrogen) atoms. The maximum Gasteiger partial charge on any atom is 0.325 e. The summed E-state index contributed by atoms with van der Waals surface area (Å²) in [4.78, 5) is 110. The number of nitrogens with one attached hydrogen (secondary N) is 4. The Bertz CT molecular complexity index is 1720. The molecule has 0 unspecified atom stereocenters. The number of benzene rings is 1. The molecule has 0 bridgehead atoms. The molecule has 1 aromatic carbocycles. The van der Waals surface area contributed by atoms with E-state index in [1.54, 1.807) is 0 Å². The number of carbonyl (C=O) groups excluding carboxylic acids is 6. The molecule has 2 heterocycles. The van der Waals surface area contributed by atoms with Crippen molar-refractivity contribution in [3.8, 4) is 5.75 Å². The van der Waals surface area contributed by atoms with Gasteiger partial charge in [0.1, 0.15) is 42.0 Å². The highest BCUT2D eigenvalue weighted by Crippen LogP contribution is 2.23. The fraction of sp³-hybridized carbons (Fsp3) is 0.595. The van der Waals surface area contributed by atoms with Crippen LogP contribution in [-0.4, -0.2) is 152 Å². The number of carboxylic acid groups (broad SMARTS) is 2. The molecule has 0 radical (unpaired) electrons. The third-order valence-electron chi connectivity index (χ3n) is 10.0. The van der Waals surface area contributed by atoms with E-state index < -0.39 is 102 Å². The molecule has 326 valence electrons.